The molecular weight excluding hydrogens is 282 g/mol. The van der Waals surface area contributed by atoms with Crippen molar-refractivity contribution in [2.45, 2.75) is 25.0 Å². The molecule has 7 nitrogen and oxygen atoms in total. The predicted octanol–water partition coefficient (Wildman–Crippen LogP) is 0.283. The number of rotatable bonds is 1. The normalized spacial score (nSPS) is 25.6. The molecule has 8 heteroatoms. The number of ether oxygens (including phenoxy) is 1. The number of fused-ring (bicyclic) bond motifs is 3. The summed E-state index contributed by atoms with van der Waals surface area (Å²) in [5.41, 5.74) is 1.11. The molecule has 4 heterocycles. The van der Waals surface area contributed by atoms with Crippen LogP contribution in [0.5, 0.6) is 0 Å². The van der Waals surface area contributed by atoms with E-state index in [0.717, 1.165) is 12.8 Å². The molecule has 2 aliphatic rings. The quantitative estimate of drug-likeness (QED) is 0.707. The van der Waals surface area contributed by atoms with Gasteiger partial charge in [-0.2, -0.15) is 9.66 Å². The van der Waals surface area contributed by atoms with Crippen molar-refractivity contribution in [1.29, 1.82) is 0 Å². The molecule has 4 rings (SSSR count). The zero-order valence-corrected chi connectivity index (χ0v) is 11.7. The summed E-state index contributed by atoms with van der Waals surface area (Å²) >= 11 is 5.87. The summed E-state index contributed by atoms with van der Waals surface area (Å²) in [5, 5.41) is 2.16. The zero-order chi connectivity index (χ0) is 13.9. The number of morpholine rings is 1. The summed E-state index contributed by atoms with van der Waals surface area (Å²) in [5.74, 6) is 0. The second kappa shape index (κ2) is 4.20. The molecule has 0 spiro atoms. The molecule has 2 unspecified atom stereocenters. The molecule has 2 fully saturated rings. The second-order valence-electron chi connectivity index (χ2n) is 5.33. The number of aromatic nitrogens is 4. The Bertz CT molecular complexity index is 727. The molecule has 2 aromatic heterocycles. The molecule has 0 amide bonds. The smallest absolute Gasteiger partial charge is 0.349 e. The van der Waals surface area contributed by atoms with Gasteiger partial charge in [-0.25, -0.2) is 9.78 Å². The van der Waals surface area contributed by atoms with Gasteiger partial charge in [0, 0.05) is 7.05 Å². The molecule has 0 N–H and O–H groups in total. The lowest BCUT2D eigenvalue weighted by molar-refractivity contribution is 0.0214. The van der Waals surface area contributed by atoms with Crippen molar-refractivity contribution < 1.29 is 4.74 Å². The van der Waals surface area contributed by atoms with E-state index in [1.807, 2.05) is 5.01 Å². The maximum Gasteiger partial charge on any atom is 0.349 e. The highest BCUT2D eigenvalue weighted by atomic mass is 35.5. The Morgan fingerprint density at radius 1 is 1.35 bits per heavy atom. The average Bonchev–Trinajstić information content (AvgIpc) is 2.88. The predicted molar refractivity (Wildman–Crippen MR) is 73.6 cm³/mol. The fourth-order valence-electron chi connectivity index (χ4n) is 3.09. The molecule has 20 heavy (non-hydrogen) atoms. The molecule has 2 aromatic rings. The maximum absolute atomic E-state index is 12.5. The van der Waals surface area contributed by atoms with Crippen LogP contribution in [0.4, 0.5) is 0 Å². The summed E-state index contributed by atoms with van der Waals surface area (Å²) in [6.45, 7) is 1.41. The molecule has 0 aromatic carbocycles. The van der Waals surface area contributed by atoms with Gasteiger partial charge >= 0.3 is 5.69 Å². The third kappa shape index (κ3) is 1.66. The van der Waals surface area contributed by atoms with Gasteiger partial charge in [0.15, 0.2) is 5.65 Å². The second-order valence-corrected chi connectivity index (χ2v) is 5.67. The van der Waals surface area contributed by atoms with Crippen molar-refractivity contribution in [3.63, 3.8) is 0 Å². The van der Waals surface area contributed by atoms with Gasteiger partial charge in [0.2, 0.25) is 5.28 Å². The lowest BCUT2D eigenvalue weighted by Gasteiger charge is -2.33. The molecule has 0 aliphatic carbocycles. The van der Waals surface area contributed by atoms with E-state index in [1.165, 1.54) is 0 Å². The van der Waals surface area contributed by atoms with Crippen LogP contribution in [0.15, 0.2) is 11.0 Å². The number of hydrogen-bond donors (Lipinski definition) is 0. The van der Waals surface area contributed by atoms with Crippen LogP contribution in [0.1, 0.15) is 12.8 Å². The summed E-state index contributed by atoms with van der Waals surface area (Å²) in [4.78, 5) is 20.6. The monoisotopic (exact) mass is 295 g/mol. The Labute approximate surface area is 119 Å². The highest BCUT2D eigenvalue weighted by Gasteiger charge is 2.35. The van der Waals surface area contributed by atoms with E-state index in [1.54, 1.807) is 22.5 Å². The Morgan fingerprint density at radius 2 is 2.05 bits per heavy atom. The maximum atomic E-state index is 12.5. The topological polar surface area (TPSA) is 65.2 Å². The van der Waals surface area contributed by atoms with Gasteiger partial charge in [0.05, 0.1) is 31.5 Å². The van der Waals surface area contributed by atoms with Crippen LogP contribution in [0.25, 0.3) is 11.2 Å². The first kappa shape index (κ1) is 12.2. The Hall–Kier alpha value is -1.60. The zero-order valence-electron chi connectivity index (χ0n) is 11.0. The van der Waals surface area contributed by atoms with Gasteiger partial charge in [-0.15, -0.1) is 0 Å². The van der Waals surface area contributed by atoms with Crippen molar-refractivity contribution in [3.05, 3.63) is 22.0 Å². The van der Waals surface area contributed by atoms with E-state index in [4.69, 9.17) is 16.3 Å². The van der Waals surface area contributed by atoms with Gasteiger partial charge in [-0.1, -0.05) is 0 Å². The first-order valence-electron chi connectivity index (χ1n) is 6.64. The fraction of sp³-hybridized carbons (Fsp3) is 0.583. The first-order chi connectivity index (χ1) is 9.63. The summed E-state index contributed by atoms with van der Waals surface area (Å²) in [6.07, 6.45) is 4.09. The standard InChI is InChI=1S/C12H14ClN5O2/c1-16-9-4-14-11(13)15-10(9)18(12(16)19)17-5-7-2-3-8(6-17)20-7/h4,7-8H,2-3,5-6H2,1H3. The first-order valence-corrected chi connectivity index (χ1v) is 7.02. The number of hydrogen-bond acceptors (Lipinski definition) is 5. The van der Waals surface area contributed by atoms with Gasteiger partial charge in [-0.05, 0) is 24.4 Å². The number of aryl methyl sites for hydroxylation is 1. The Morgan fingerprint density at radius 3 is 2.75 bits per heavy atom. The molecule has 2 aliphatic heterocycles. The third-order valence-corrected chi connectivity index (χ3v) is 4.24. The van der Waals surface area contributed by atoms with Crippen molar-refractivity contribution >= 4 is 22.8 Å². The molecular formula is C12H14ClN5O2. The minimum absolute atomic E-state index is 0.127. The Kier molecular flexibility index (Phi) is 2.55. The van der Waals surface area contributed by atoms with Crippen LogP contribution in [-0.4, -0.2) is 44.5 Å². The van der Waals surface area contributed by atoms with Crippen LogP contribution in [0, 0.1) is 0 Å². The van der Waals surface area contributed by atoms with E-state index in [2.05, 4.69) is 9.97 Å². The third-order valence-electron chi connectivity index (χ3n) is 4.06. The largest absolute Gasteiger partial charge is 0.371 e. The van der Waals surface area contributed by atoms with Crippen LogP contribution in [0.3, 0.4) is 0 Å². The molecule has 0 radical (unpaired) electrons. The number of halogens is 1. The molecule has 2 saturated heterocycles. The van der Waals surface area contributed by atoms with Crippen molar-refractivity contribution in [1.82, 2.24) is 19.2 Å². The fourth-order valence-corrected chi connectivity index (χ4v) is 3.21. The SMILES string of the molecule is Cn1c(=O)n(N2CC3CCC(C2)O3)c2nc(Cl)ncc21. The highest BCUT2D eigenvalue weighted by molar-refractivity contribution is 6.28. The van der Waals surface area contributed by atoms with Gasteiger partial charge < -0.3 is 9.75 Å². The molecule has 0 saturated carbocycles. The van der Waals surface area contributed by atoms with E-state index >= 15 is 0 Å². The average molecular weight is 296 g/mol. The summed E-state index contributed by atoms with van der Waals surface area (Å²) in [6, 6.07) is 0. The van der Waals surface area contributed by atoms with Gasteiger partial charge in [0.25, 0.3) is 0 Å². The molecule has 2 bridgehead atoms. The van der Waals surface area contributed by atoms with Crippen LogP contribution < -0.4 is 10.7 Å². The lowest BCUT2D eigenvalue weighted by Crippen LogP contribution is -2.52. The van der Waals surface area contributed by atoms with Crippen molar-refractivity contribution in [2.24, 2.45) is 7.05 Å². The van der Waals surface area contributed by atoms with E-state index < -0.39 is 0 Å². The van der Waals surface area contributed by atoms with Crippen molar-refractivity contribution in [3.8, 4) is 0 Å². The molecule has 106 valence electrons. The van der Waals surface area contributed by atoms with E-state index in [9.17, 15) is 4.79 Å². The lowest BCUT2D eigenvalue weighted by atomic mass is 10.2. The van der Waals surface area contributed by atoms with Crippen LogP contribution >= 0.6 is 11.6 Å². The van der Waals surface area contributed by atoms with Gasteiger partial charge in [-0.3, -0.25) is 4.57 Å². The minimum atomic E-state index is -0.127. The van der Waals surface area contributed by atoms with Crippen LogP contribution in [-0.2, 0) is 11.8 Å². The molecule has 2 atom stereocenters. The van der Waals surface area contributed by atoms with Crippen molar-refractivity contribution in [2.75, 3.05) is 18.1 Å². The number of imidazole rings is 1. The number of nitrogens with zero attached hydrogens (tertiary/aromatic N) is 5. The Balaban J connectivity index is 1.89. The summed E-state index contributed by atoms with van der Waals surface area (Å²) in [7, 11) is 1.72. The van der Waals surface area contributed by atoms with Crippen LogP contribution in [0.2, 0.25) is 5.28 Å². The highest BCUT2D eigenvalue weighted by Crippen LogP contribution is 2.26. The minimum Gasteiger partial charge on any atom is -0.371 e. The summed E-state index contributed by atoms with van der Waals surface area (Å²) < 4.78 is 8.96. The van der Waals surface area contributed by atoms with Gasteiger partial charge in [0.1, 0.15) is 5.52 Å². The van der Waals surface area contributed by atoms with E-state index in [-0.39, 0.29) is 23.2 Å². The van der Waals surface area contributed by atoms with E-state index in [0.29, 0.717) is 24.3 Å².